The fourth-order valence-corrected chi connectivity index (χ4v) is 2.78. The van der Waals surface area contributed by atoms with E-state index in [0.717, 1.165) is 29.5 Å². The van der Waals surface area contributed by atoms with Gasteiger partial charge in [-0.2, -0.15) is 0 Å². The van der Waals surface area contributed by atoms with Crippen LogP contribution >= 0.6 is 15.9 Å². The summed E-state index contributed by atoms with van der Waals surface area (Å²) < 4.78 is 5.52. The number of hydrogen-bond acceptors (Lipinski definition) is 5. The molecule has 1 saturated heterocycles. The summed E-state index contributed by atoms with van der Waals surface area (Å²) in [4.78, 5) is 21.5. The summed E-state index contributed by atoms with van der Waals surface area (Å²) in [5, 5.41) is 3.28. The van der Waals surface area contributed by atoms with E-state index in [4.69, 9.17) is 5.73 Å². The lowest BCUT2D eigenvalue weighted by atomic mass is 9.97. The van der Waals surface area contributed by atoms with Crippen molar-refractivity contribution in [3.05, 3.63) is 28.2 Å². The van der Waals surface area contributed by atoms with Gasteiger partial charge in [0.05, 0.1) is 0 Å². The molecule has 0 spiro atoms. The molecule has 0 saturated carbocycles. The number of ether oxygens (including phenoxy) is 1. The van der Waals surface area contributed by atoms with Crippen molar-refractivity contribution in [1.82, 2.24) is 5.32 Å². The number of Topliss-reactive ketones (excluding diaryl/α,β-unsaturated/α-hetero) is 1. The van der Waals surface area contributed by atoms with E-state index in [-0.39, 0.29) is 11.4 Å². The van der Waals surface area contributed by atoms with Gasteiger partial charge in [-0.15, -0.1) is 0 Å². The maximum Gasteiger partial charge on any atom is 0.293 e. The number of nitrogens with one attached hydrogen (secondary N) is 1. The molecule has 2 rings (SSSR count). The van der Waals surface area contributed by atoms with Gasteiger partial charge in [-0.05, 0) is 70.0 Å². The molecule has 24 heavy (non-hydrogen) atoms. The topological polar surface area (TPSA) is 81.4 Å². The van der Waals surface area contributed by atoms with E-state index in [1.165, 1.54) is 0 Å². The molecule has 3 N–H and O–H groups in total. The molecule has 0 amide bonds. The summed E-state index contributed by atoms with van der Waals surface area (Å²) in [5.41, 5.74) is 7.17. The highest BCUT2D eigenvalue weighted by molar-refractivity contribution is 9.10. The SMILES string of the molecule is CC(C)(C)OC=O.Nc1ccc(Br)cc1CC(=O)CC1CCNC1. The van der Waals surface area contributed by atoms with Crippen molar-refractivity contribution < 1.29 is 14.3 Å². The Morgan fingerprint density at radius 2 is 2.17 bits per heavy atom. The highest BCUT2D eigenvalue weighted by atomic mass is 79.9. The van der Waals surface area contributed by atoms with Crippen LogP contribution in [0.4, 0.5) is 5.69 Å². The van der Waals surface area contributed by atoms with Crippen LogP contribution in [-0.4, -0.2) is 30.9 Å². The Bertz CT molecular complexity index is 550. The van der Waals surface area contributed by atoms with Gasteiger partial charge in [0.15, 0.2) is 0 Å². The molecule has 1 aromatic rings. The van der Waals surface area contributed by atoms with Gasteiger partial charge in [-0.1, -0.05) is 15.9 Å². The van der Waals surface area contributed by atoms with E-state index in [1.807, 2.05) is 39.0 Å². The average Bonchev–Trinajstić information content (AvgIpc) is 2.95. The first-order valence-electron chi connectivity index (χ1n) is 8.09. The minimum atomic E-state index is -0.318. The Morgan fingerprint density at radius 1 is 1.46 bits per heavy atom. The van der Waals surface area contributed by atoms with Crippen molar-refractivity contribution in [2.75, 3.05) is 18.8 Å². The van der Waals surface area contributed by atoms with Gasteiger partial charge >= 0.3 is 0 Å². The van der Waals surface area contributed by atoms with Crippen molar-refractivity contribution in [2.24, 2.45) is 5.92 Å². The normalized spacial score (nSPS) is 16.9. The molecule has 0 aliphatic carbocycles. The number of carbonyl (C=O) groups is 2. The predicted octanol–water partition coefficient (Wildman–Crippen LogP) is 3.10. The Hall–Kier alpha value is -1.40. The second-order valence-electron chi connectivity index (χ2n) is 6.95. The largest absolute Gasteiger partial charge is 0.462 e. The predicted molar refractivity (Wildman–Crippen MR) is 99.8 cm³/mol. The number of nitrogen functional groups attached to an aromatic ring is 1. The fraction of sp³-hybridized carbons (Fsp3) is 0.556. The summed E-state index contributed by atoms with van der Waals surface area (Å²) in [5.74, 6) is 0.791. The lowest BCUT2D eigenvalue weighted by Crippen LogP contribution is -2.17. The van der Waals surface area contributed by atoms with Gasteiger partial charge in [0.25, 0.3) is 6.47 Å². The maximum atomic E-state index is 11.9. The van der Waals surface area contributed by atoms with Crippen LogP contribution in [-0.2, 0) is 20.7 Å². The third kappa shape index (κ3) is 8.45. The van der Waals surface area contributed by atoms with Crippen LogP contribution in [0.15, 0.2) is 22.7 Å². The fourth-order valence-electron chi connectivity index (χ4n) is 2.37. The zero-order valence-electron chi connectivity index (χ0n) is 14.6. The molecule has 0 aromatic heterocycles. The van der Waals surface area contributed by atoms with Gasteiger partial charge in [0.1, 0.15) is 11.4 Å². The second-order valence-corrected chi connectivity index (χ2v) is 7.86. The van der Waals surface area contributed by atoms with Gasteiger partial charge in [0, 0.05) is 23.0 Å². The van der Waals surface area contributed by atoms with Crippen molar-refractivity contribution >= 4 is 33.9 Å². The lowest BCUT2D eigenvalue weighted by Gasteiger charge is -2.14. The summed E-state index contributed by atoms with van der Waals surface area (Å²) in [6.45, 7) is 7.93. The van der Waals surface area contributed by atoms with Crippen molar-refractivity contribution in [3.63, 3.8) is 0 Å². The highest BCUT2D eigenvalue weighted by Crippen LogP contribution is 2.21. The zero-order chi connectivity index (χ0) is 18.2. The Balaban J connectivity index is 0.000000351. The first-order valence-corrected chi connectivity index (χ1v) is 8.88. The van der Waals surface area contributed by atoms with Crippen LogP contribution in [0.25, 0.3) is 0 Å². The minimum absolute atomic E-state index is 0.281. The van der Waals surface area contributed by atoms with Crippen LogP contribution < -0.4 is 11.1 Å². The Labute approximate surface area is 152 Å². The molecule has 1 unspecified atom stereocenters. The third-order valence-corrected chi connectivity index (χ3v) is 4.07. The Kier molecular flexibility index (Phi) is 8.42. The number of nitrogens with two attached hydrogens (primary N) is 1. The van der Waals surface area contributed by atoms with Crippen molar-refractivity contribution in [2.45, 2.75) is 45.6 Å². The standard InChI is InChI=1S/C13H17BrN2O.C5H10O2/c14-11-1-2-13(15)10(6-11)7-12(17)5-9-3-4-16-8-9;1-5(2,3)7-4-6/h1-2,6,9,16H,3-5,7-8,15H2;4H,1-3H3. The van der Waals surface area contributed by atoms with E-state index >= 15 is 0 Å². The molecule has 0 bridgehead atoms. The molecular formula is C18H27BrN2O3. The first-order chi connectivity index (χ1) is 11.2. The third-order valence-electron chi connectivity index (χ3n) is 3.57. The number of anilines is 1. The van der Waals surface area contributed by atoms with Gasteiger partial charge in [0.2, 0.25) is 0 Å². The number of carbonyl (C=O) groups excluding carboxylic acids is 2. The number of rotatable bonds is 5. The molecule has 1 aliphatic heterocycles. The molecule has 6 heteroatoms. The average molecular weight is 399 g/mol. The van der Waals surface area contributed by atoms with Crippen LogP contribution in [0.3, 0.4) is 0 Å². The van der Waals surface area contributed by atoms with Crippen LogP contribution in [0.5, 0.6) is 0 Å². The van der Waals surface area contributed by atoms with E-state index in [2.05, 4.69) is 26.0 Å². The molecule has 1 aromatic carbocycles. The number of halogens is 1. The van der Waals surface area contributed by atoms with E-state index in [1.54, 1.807) is 0 Å². The van der Waals surface area contributed by atoms with Gasteiger partial charge in [-0.3, -0.25) is 9.59 Å². The monoisotopic (exact) mass is 398 g/mol. The lowest BCUT2D eigenvalue weighted by molar-refractivity contribution is -0.138. The molecule has 1 aliphatic rings. The van der Waals surface area contributed by atoms with E-state index in [0.29, 0.717) is 30.9 Å². The summed E-state index contributed by atoms with van der Waals surface area (Å²) >= 11 is 3.40. The number of hydrogen-bond donors (Lipinski definition) is 2. The van der Waals surface area contributed by atoms with Gasteiger partial charge in [-0.25, -0.2) is 0 Å². The molecule has 1 heterocycles. The maximum absolute atomic E-state index is 11.9. The zero-order valence-corrected chi connectivity index (χ0v) is 16.2. The smallest absolute Gasteiger partial charge is 0.293 e. The minimum Gasteiger partial charge on any atom is -0.462 e. The summed E-state index contributed by atoms with van der Waals surface area (Å²) in [6.07, 6.45) is 2.22. The molecule has 1 fully saturated rings. The van der Waals surface area contributed by atoms with E-state index < -0.39 is 0 Å². The summed E-state index contributed by atoms with van der Waals surface area (Å²) in [6, 6.07) is 5.66. The number of ketones is 1. The van der Waals surface area contributed by atoms with Gasteiger partial charge < -0.3 is 15.8 Å². The molecular weight excluding hydrogens is 372 g/mol. The van der Waals surface area contributed by atoms with Crippen LogP contribution in [0.2, 0.25) is 0 Å². The van der Waals surface area contributed by atoms with Crippen molar-refractivity contribution in [1.29, 1.82) is 0 Å². The molecule has 134 valence electrons. The quantitative estimate of drug-likeness (QED) is 0.588. The highest BCUT2D eigenvalue weighted by Gasteiger charge is 2.18. The van der Waals surface area contributed by atoms with Crippen LogP contribution in [0.1, 0.15) is 39.2 Å². The first kappa shape index (κ1) is 20.6. The second kappa shape index (κ2) is 9.79. The number of benzene rings is 1. The summed E-state index contributed by atoms with van der Waals surface area (Å²) in [7, 11) is 0. The molecule has 1 atom stereocenters. The Morgan fingerprint density at radius 3 is 2.67 bits per heavy atom. The van der Waals surface area contributed by atoms with Crippen molar-refractivity contribution in [3.8, 4) is 0 Å². The molecule has 0 radical (unpaired) electrons. The van der Waals surface area contributed by atoms with E-state index in [9.17, 15) is 9.59 Å². The van der Waals surface area contributed by atoms with Crippen LogP contribution in [0, 0.1) is 5.92 Å². The molecule has 5 nitrogen and oxygen atoms in total.